The minimum atomic E-state index is -4.78. The molecule has 0 heterocycles. The average molecular weight is 450 g/mol. The second-order valence-corrected chi connectivity index (χ2v) is 6.83. The molecule has 2 N–H and O–H groups in total. The Labute approximate surface area is 180 Å². The Balaban J connectivity index is 1.93. The lowest BCUT2D eigenvalue weighted by Crippen LogP contribution is -2.27. The Kier molecular flexibility index (Phi) is 6.50. The van der Waals surface area contributed by atoms with Gasteiger partial charge in [0.2, 0.25) is 6.10 Å². The highest BCUT2D eigenvalue weighted by Crippen LogP contribution is 2.37. The van der Waals surface area contributed by atoms with Gasteiger partial charge in [-0.3, -0.25) is 4.79 Å². The molecule has 0 saturated heterocycles. The van der Waals surface area contributed by atoms with E-state index in [9.17, 15) is 27.9 Å². The first-order valence-corrected chi connectivity index (χ1v) is 9.26. The summed E-state index contributed by atoms with van der Waals surface area (Å²) in [4.78, 5) is 25.4. The van der Waals surface area contributed by atoms with Gasteiger partial charge in [-0.1, -0.05) is 54.1 Å². The van der Waals surface area contributed by atoms with E-state index in [1.54, 1.807) is 18.2 Å². The quantitative estimate of drug-likeness (QED) is 0.497. The zero-order valence-electron chi connectivity index (χ0n) is 15.7. The lowest BCUT2D eigenvalue weighted by Gasteiger charge is -2.20. The molecule has 0 unspecified atom stereocenters. The van der Waals surface area contributed by atoms with E-state index < -0.39 is 35.4 Å². The smallest absolute Gasteiger partial charge is 0.418 e. The standard InChI is InChI=1S/C22H15ClF3NO4/c23-14-10-11-17(16(12-14)22(24,25)26)27-20(29)19(13-6-2-1-3-7-13)31-21(30)15-8-4-5-9-18(15)28/h1-12,19,28H,(H,27,29)/t19-/m0/s1. The van der Waals surface area contributed by atoms with Crippen LogP contribution in [-0.2, 0) is 15.7 Å². The third-order valence-electron chi connectivity index (χ3n) is 4.23. The number of carbonyl (C=O) groups excluding carboxylic acids is 2. The van der Waals surface area contributed by atoms with E-state index in [1.807, 2.05) is 0 Å². The first-order chi connectivity index (χ1) is 14.7. The summed E-state index contributed by atoms with van der Waals surface area (Å²) in [5.41, 5.74) is -1.65. The SMILES string of the molecule is O=C(O[C@H](C(=O)Nc1ccc(Cl)cc1C(F)(F)F)c1ccccc1)c1ccccc1O. The van der Waals surface area contributed by atoms with E-state index >= 15 is 0 Å². The van der Waals surface area contributed by atoms with Crippen LogP contribution in [0.25, 0.3) is 0 Å². The largest absolute Gasteiger partial charge is 0.507 e. The first kappa shape index (κ1) is 22.2. The van der Waals surface area contributed by atoms with Crippen molar-refractivity contribution in [2.24, 2.45) is 0 Å². The summed E-state index contributed by atoms with van der Waals surface area (Å²) in [7, 11) is 0. The van der Waals surface area contributed by atoms with Crippen molar-refractivity contribution in [1.29, 1.82) is 0 Å². The summed E-state index contributed by atoms with van der Waals surface area (Å²) in [6.07, 6.45) is -6.35. The number of anilines is 1. The number of carbonyl (C=O) groups is 2. The normalized spacial score (nSPS) is 12.1. The summed E-state index contributed by atoms with van der Waals surface area (Å²) in [6, 6.07) is 16.2. The number of amides is 1. The van der Waals surface area contributed by atoms with Crippen LogP contribution in [-0.4, -0.2) is 17.0 Å². The number of esters is 1. The van der Waals surface area contributed by atoms with Gasteiger partial charge in [-0.15, -0.1) is 0 Å². The van der Waals surface area contributed by atoms with Crippen molar-refractivity contribution in [3.63, 3.8) is 0 Å². The van der Waals surface area contributed by atoms with Crippen LogP contribution in [0.3, 0.4) is 0 Å². The third-order valence-corrected chi connectivity index (χ3v) is 4.47. The summed E-state index contributed by atoms with van der Waals surface area (Å²) in [6.45, 7) is 0. The summed E-state index contributed by atoms with van der Waals surface area (Å²) in [5, 5.41) is 11.9. The molecular formula is C22H15ClF3NO4. The second-order valence-electron chi connectivity index (χ2n) is 6.39. The maximum atomic E-state index is 13.4. The Bertz CT molecular complexity index is 1100. The topological polar surface area (TPSA) is 75.6 Å². The fourth-order valence-electron chi connectivity index (χ4n) is 2.78. The molecule has 0 fully saturated rings. The van der Waals surface area contributed by atoms with Crippen molar-refractivity contribution < 1.29 is 32.6 Å². The van der Waals surface area contributed by atoms with Crippen molar-refractivity contribution in [2.45, 2.75) is 12.3 Å². The van der Waals surface area contributed by atoms with Crippen molar-refractivity contribution in [1.82, 2.24) is 0 Å². The molecule has 3 aromatic carbocycles. The van der Waals surface area contributed by atoms with E-state index in [0.29, 0.717) is 6.07 Å². The molecule has 5 nitrogen and oxygen atoms in total. The highest BCUT2D eigenvalue weighted by Gasteiger charge is 2.35. The molecule has 1 atom stereocenters. The fourth-order valence-corrected chi connectivity index (χ4v) is 2.95. The number of benzene rings is 3. The average Bonchev–Trinajstić information content (AvgIpc) is 2.73. The molecule has 3 rings (SSSR count). The number of aromatic hydroxyl groups is 1. The lowest BCUT2D eigenvalue weighted by atomic mass is 10.1. The maximum Gasteiger partial charge on any atom is 0.418 e. The number of ether oxygens (including phenoxy) is 1. The highest BCUT2D eigenvalue weighted by molar-refractivity contribution is 6.30. The Hall–Kier alpha value is -3.52. The predicted molar refractivity (Wildman–Crippen MR) is 108 cm³/mol. The van der Waals surface area contributed by atoms with Crippen LogP contribution in [0, 0.1) is 0 Å². The van der Waals surface area contributed by atoms with E-state index in [2.05, 4.69) is 5.32 Å². The van der Waals surface area contributed by atoms with Gasteiger partial charge < -0.3 is 15.2 Å². The number of alkyl halides is 3. The van der Waals surface area contributed by atoms with Gasteiger partial charge in [0.15, 0.2) is 0 Å². The van der Waals surface area contributed by atoms with Gasteiger partial charge in [0, 0.05) is 10.6 Å². The number of para-hydroxylation sites is 1. The van der Waals surface area contributed by atoms with Crippen LogP contribution in [0.15, 0.2) is 72.8 Å². The van der Waals surface area contributed by atoms with Gasteiger partial charge in [0.25, 0.3) is 5.91 Å². The minimum Gasteiger partial charge on any atom is -0.507 e. The van der Waals surface area contributed by atoms with Crippen molar-refractivity contribution in [3.05, 3.63) is 94.5 Å². The van der Waals surface area contributed by atoms with Gasteiger partial charge in [-0.2, -0.15) is 13.2 Å². The third kappa shape index (κ3) is 5.35. The Morgan fingerprint density at radius 2 is 1.61 bits per heavy atom. The van der Waals surface area contributed by atoms with Gasteiger partial charge >= 0.3 is 12.1 Å². The molecule has 160 valence electrons. The van der Waals surface area contributed by atoms with Crippen molar-refractivity contribution in [3.8, 4) is 5.75 Å². The summed E-state index contributed by atoms with van der Waals surface area (Å²) >= 11 is 5.66. The fraction of sp³-hybridized carbons (Fsp3) is 0.0909. The number of hydrogen-bond acceptors (Lipinski definition) is 4. The maximum absolute atomic E-state index is 13.4. The number of hydrogen-bond donors (Lipinski definition) is 2. The molecule has 0 aliphatic heterocycles. The zero-order valence-corrected chi connectivity index (χ0v) is 16.4. The molecule has 0 aromatic heterocycles. The number of rotatable bonds is 5. The molecule has 0 spiro atoms. The molecular weight excluding hydrogens is 435 g/mol. The molecule has 0 bridgehead atoms. The molecule has 3 aromatic rings. The number of phenols is 1. The van der Waals surface area contributed by atoms with Crippen molar-refractivity contribution in [2.75, 3.05) is 5.32 Å². The van der Waals surface area contributed by atoms with Gasteiger partial charge in [0.1, 0.15) is 11.3 Å². The molecule has 0 radical (unpaired) electrons. The second kappa shape index (κ2) is 9.09. The van der Waals surface area contributed by atoms with Crippen molar-refractivity contribution >= 4 is 29.2 Å². The van der Waals surface area contributed by atoms with E-state index in [0.717, 1.165) is 6.07 Å². The zero-order chi connectivity index (χ0) is 22.6. The molecule has 0 aliphatic carbocycles. The predicted octanol–water partition coefficient (Wildman–Crippen LogP) is 5.60. The number of nitrogens with one attached hydrogen (secondary N) is 1. The number of halogens is 4. The molecule has 9 heteroatoms. The first-order valence-electron chi connectivity index (χ1n) is 8.88. The molecule has 0 saturated carbocycles. The van der Waals surface area contributed by atoms with E-state index in [1.165, 1.54) is 42.5 Å². The van der Waals surface area contributed by atoms with Crippen LogP contribution in [0.2, 0.25) is 5.02 Å². The monoisotopic (exact) mass is 449 g/mol. The van der Waals surface area contributed by atoms with Crippen LogP contribution in [0.1, 0.15) is 27.6 Å². The molecule has 31 heavy (non-hydrogen) atoms. The van der Waals surface area contributed by atoms with E-state index in [4.69, 9.17) is 16.3 Å². The Morgan fingerprint density at radius 3 is 2.26 bits per heavy atom. The van der Waals surface area contributed by atoms with Gasteiger partial charge in [-0.05, 0) is 30.3 Å². The number of phenolic OH excluding ortho intramolecular Hbond substituents is 1. The Morgan fingerprint density at radius 1 is 0.968 bits per heavy atom. The van der Waals surface area contributed by atoms with Crippen LogP contribution in [0.4, 0.5) is 18.9 Å². The van der Waals surface area contributed by atoms with Crippen LogP contribution < -0.4 is 5.32 Å². The summed E-state index contributed by atoms with van der Waals surface area (Å²) in [5.74, 6) is -2.39. The molecule has 1 amide bonds. The summed E-state index contributed by atoms with van der Waals surface area (Å²) < 4.78 is 45.3. The van der Waals surface area contributed by atoms with E-state index in [-0.39, 0.29) is 21.9 Å². The molecule has 0 aliphatic rings. The lowest BCUT2D eigenvalue weighted by molar-refractivity contribution is -0.137. The highest BCUT2D eigenvalue weighted by atomic mass is 35.5. The minimum absolute atomic E-state index is 0.157. The van der Waals surface area contributed by atoms with Gasteiger partial charge in [0.05, 0.1) is 11.3 Å². The van der Waals surface area contributed by atoms with Crippen LogP contribution in [0.5, 0.6) is 5.75 Å². The van der Waals surface area contributed by atoms with Crippen LogP contribution >= 0.6 is 11.6 Å². The van der Waals surface area contributed by atoms with Gasteiger partial charge in [-0.25, -0.2) is 4.79 Å².